The first-order valence-corrected chi connectivity index (χ1v) is 9.71. The number of hydrogen-bond acceptors (Lipinski definition) is 5. The van der Waals surface area contributed by atoms with Crippen molar-refractivity contribution >= 4 is 51.2 Å². The molecular formula is C20H18IN3O4. The molecule has 0 radical (unpaired) electrons. The summed E-state index contributed by atoms with van der Waals surface area (Å²) in [5, 5.41) is 2.70. The molecule has 0 unspecified atom stereocenters. The van der Waals surface area contributed by atoms with E-state index >= 15 is 0 Å². The van der Waals surface area contributed by atoms with Crippen LogP contribution in [0.5, 0.6) is 0 Å². The summed E-state index contributed by atoms with van der Waals surface area (Å²) in [7, 11) is 0. The standard InChI is InChI=1S/C20H18IN3O4/c1-3-24-17-9-8-13(10-16(17)22-12(2)19(24)26)20(27)28-11-18(25)23-15-7-5-4-6-14(15)21/h4-10H,3,11H2,1-2H3,(H,23,25). The lowest BCUT2D eigenvalue weighted by atomic mass is 10.2. The highest BCUT2D eigenvalue weighted by Gasteiger charge is 2.14. The highest BCUT2D eigenvalue weighted by atomic mass is 127. The van der Waals surface area contributed by atoms with Gasteiger partial charge in [-0.05, 0) is 66.8 Å². The zero-order valence-electron chi connectivity index (χ0n) is 15.4. The molecule has 0 fully saturated rings. The number of anilines is 1. The number of benzene rings is 2. The van der Waals surface area contributed by atoms with Gasteiger partial charge in [-0.3, -0.25) is 9.59 Å². The predicted molar refractivity (Wildman–Crippen MR) is 114 cm³/mol. The Bertz CT molecular complexity index is 1120. The van der Waals surface area contributed by atoms with Crippen LogP contribution in [0.25, 0.3) is 11.0 Å². The molecule has 0 bridgehead atoms. The zero-order chi connectivity index (χ0) is 20.3. The van der Waals surface area contributed by atoms with Gasteiger partial charge >= 0.3 is 5.97 Å². The van der Waals surface area contributed by atoms with E-state index < -0.39 is 18.5 Å². The number of ether oxygens (including phenoxy) is 1. The van der Waals surface area contributed by atoms with Gasteiger partial charge in [0, 0.05) is 10.1 Å². The number of rotatable bonds is 5. The number of carbonyl (C=O) groups excluding carboxylic acids is 2. The van der Waals surface area contributed by atoms with Crippen molar-refractivity contribution in [2.24, 2.45) is 0 Å². The summed E-state index contributed by atoms with van der Waals surface area (Å²) < 4.78 is 7.60. The molecule has 7 nitrogen and oxygen atoms in total. The number of esters is 1. The van der Waals surface area contributed by atoms with Crippen LogP contribution in [0, 0.1) is 10.5 Å². The fourth-order valence-corrected chi connectivity index (χ4v) is 3.30. The fourth-order valence-electron chi connectivity index (χ4n) is 2.78. The zero-order valence-corrected chi connectivity index (χ0v) is 17.5. The minimum absolute atomic E-state index is 0.155. The average Bonchev–Trinajstić information content (AvgIpc) is 2.68. The van der Waals surface area contributed by atoms with Crippen LogP contribution < -0.4 is 10.9 Å². The molecule has 0 saturated heterocycles. The van der Waals surface area contributed by atoms with Crippen LogP contribution in [0.3, 0.4) is 0 Å². The summed E-state index contributed by atoms with van der Waals surface area (Å²) in [6, 6.07) is 12.1. The normalized spacial score (nSPS) is 10.7. The van der Waals surface area contributed by atoms with Gasteiger partial charge in [-0.25, -0.2) is 9.78 Å². The van der Waals surface area contributed by atoms with E-state index in [1.165, 1.54) is 0 Å². The average molecular weight is 491 g/mol. The Labute approximate surface area is 174 Å². The van der Waals surface area contributed by atoms with Crippen molar-refractivity contribution < 1.29 is 14.3 Å². The first kappa shape index (κ1) is 20.0. The number of aryl methyl sites for hydroxylation is 2. The van der Waals surface area contributed by atoms with Crippen molar-refractivity contribution in [2.45, 2.75) is 20.4 Å². The molecule has 1 amide bonds. The number of hydrogen-bond donors (Lipinski definition) is 1. The molecule has 0 aliphatic rings. The molecule has 0 atom stereocenters. The molecule has 0 aliphatic carbocycles. The number of halogens is 1. The van der Waals surface area contributed by atoms with E-state index in [0.29, 0.717) is 29.0 Å². The van der Waals surface area contributed by atoms with Crippen molar-refractivity contribution in [3.63, 3.8) is 0 Å². The minimum atomic E-state index is -0.631. The molecule has 2 aromatic carbocycles. The number of nitrogens with zero attached hydrogens (tertiary/aromatic N) is 2. The third kappa shape index (κ3) is 4.22. The van der Waals surface area contributed by atoms with Crippen LogP contribution >= 0.6 is 22.6 Å². The van der Waals surface area contributed by atoms with Gasteiger partial charge in [0.15, 0.2) is 6.61 Å². The van der Waals surface area contributed by atoms with Crippen molar-refractivity contribution in [2.75, 3.05) is 11.9 Å². The molecule has 1 N–H and O–H groups in total. The molecule has 0 saturated carbocycles. The van der Waals surface area contributed by atoms with E-state index in [9.17, 15) is 14.4 Å². The third-order valence-corrected chi connectivity index (χ3v) is 5.08. The second kappa shape index (κ2) is 8.51. The molecule has 1 aromatic heterocycles. The van der Waals surface area contributed by atoms with Crippen LogP contribution in [0.4, 0.5) is 5.69 Å². The fraction of sp³-hybridized carbons (Fsp3) is 0.200. The van der Waals surface area contributed by atoms with Crippen LogP contribution in [-0.2, 0) is 16.1 Å². The molecule has 0 spiro atoms. The molecule has 0 aliphatic heterocycles. The largest absolute Gasteiger partial charge is 0.452 e. The minimum Gasteiger partial charge on any atom is -0.452 e. The van der Waals surface area contributed by atoms with Crippen molar-refractivity contribution in [1.82, 2.24) is 9.55 Å². The van der Waals surface area contributed by atoms with Gasteiger partial charge in [0.25, 0.3) is 11.5 Å². The molecule has 144 valence electrons. The third-order valence-electron chi connectivity index (χ3n) is 4.14. The van der Waals surface area contributed by atoms with E-state index in [1.54, 1.807) is 35.8 Å². The maximum atomic E-state index is 12.3. The van der Waals surface area contributed by atoms with Crippen LogP contribution in [0.1, 0.15) is 23.0 Å². The quantitative estimate of drug-likeness (QED) is 0.438. The second-order valence-corrected chi connectivity index (χ2v) is 7.22. The number of nitrogens with one attached hydrogen (secondary N) is 1. The van der Waals surface area contributed by atoms with E-state index in [1.807, 2.05) is 25.1 Å². The number of para-hydroxylation sites is 1. The summed E-state index contributed by atoms with van der Waals surface area (Å²) in [4.78, 5) is 40.8. The maximum absolute atomic E-state index is 12.3. The first-order chi connectivity index (χ1) is 13.4. The highest BCUT2D eigenvalue weighted by Crippen LogP contribution is 2.17. The first-order valence-electron chi connectivity index (χ1n) is 8.63. The Balaban J connectivity index is 1.73. The molecule has 3 rings (SSSR count). The Morgan fingerprint density at radius 2 is 1.96 bits per heavy atom. The number of carbonyl (C=O) groups is 2. The molecule has 1 heterocycles. The lowest BCUT2D eigenvalue weighted by Gasteiger charge is -2.10. The monoisotopic (exact) mass is 491 g/mol. The van der Waals surface area contributed by atoms with Crippen LogP contribution in [0.2, 0.25) is 0 Å². The van der Waals surface area contributed by atoms with Gasteiger partial charge in [0.05, 0.1) is 22.3 Å². The molecule has 8 heteroatoms. The van der Waals surface area contributed by atoms with Gasteiger partial charge < -0.3 is 14.6 Å². The maximum Gasteiger partial charge on any atom is 0.338 e. The van der Waals surface area contributed by atoms with E-state index in [2.05, 4.69) is 32.9 Å². The van der Waals surface area contributed by atoms with Crippen LogP contribution in [0.15, 0.2) is 47.3 Å². The molecule has 3 aromatic rings. The summed E-state index contributed by atoms with van der Waals surface area (Å²) in [5.41, 5.74) is 2.30. The van der Waals surface area contributed by atoms with Gasteiger partial charge in [0.2, 0.25) is 0 Å². The Kier molecular flexibility index (Phi) is 6.08. The number of amides is 1. The summed E-state index contributed by atoms with van der Waals surface area (Å²) in [6.07, 6.45) is 0. The predicted octanol–water partition coefficient (Wildman–Crippen LogP) is 3.12. The van der Waals surface area contributed by atoms with E-state index in [0.717, 1.165) is 3.57 Å². The van der Waals surface area contributed by atoms with Gasteiger partial charge in [0.1, 0.15) is 5.69 Å². The van der Waals surface area contributed by atoms with Crippen LogP contribution in [-0.4, -0.2) is 28.0 Å². The van der Waals surface area contributed by atoms with Crippen molar-refractivity contribution in [1.29, 1.82) is 0 Å². The Morgan fingerprint density at radius 3 is 2.68 bits per heavy atom. The van der Waals surface area contributed by atoms with Gasteiger partial charge in [-0.2, -0.15) is 0 Å². The highest BCUT2D eigenvalue weighted by molar-refractivity contribution is 14.1. The SMILES string of the molecule is CCn1c(=O)c(C)nc2cc(C(=O)OCC(=O)Nc3ccccc3I)ccc21. The topological polar surface area (TPSA) is 90.3 Å². The van der Waals surface area contributed by atoms with Crippen molar-refractivity contribution in [3.05, 3.63) is 67.6 Å². The van der Waals surface area contributed by atoms with Gasteiger partial charge in [-0.15, -0.1) is 0 Å². The Hall–Kier alpha value is -2.75. The second-order valence-electron chi connectivity index (χ2n) is 6.05. The van der Waals surface area contributed by atoms with Crippen molar-refractivity contribution in [3.8, 4) is 0 Å². The van der Waals surface area contributed by atoms with E-state index in [-0.39, 0.29) is 11.1 Å². The smallest absolute Gasteiger partial charge is 0.338 e. The summed E-state index contributed by atoms with van der Waals surface area (Å²) in [5.74, 6) is -1.06. The summed E-state index contributed by atoms with van der Waals surface area (Å²) in [6.45, 7) is 3.60. The summed E-state index contributed by atoms with van der Waals surface area (Å²) >= 11 is 2.11. The molecule has 28 heavy (non-hydrogen) atoms. The lowest BCUT2D eigenvalue weighted by molar-refractivity contribution is -0.119. The molecular weight excluding hydrogens is 473 g/mol. The van der Waals surface area contributed by atoms with E-state index in [4.69, 9.17) is 4.74 Å². The van der Waals surface area contributed by atoms with Gasteiger partial charge in [-0.1, -0.05) is 12.1 Å². The Morgan fingerprint density at radius 1 is 1.21 bits per heavy atom. The lowest BCUT2D eigenvalue weighted by Crippen LogP contribution is -2.23. The number of fused-ring (bicyclic) bond motifs is 1. The number of aromatic nitrogens is 2.